The van der Waals surface area contributed by atoms with Crippen LogP contribution in [0.4, 0.5) is 5.95 Å². The zero-order chi connectivity index (χ0) is 16.0. The van der Waals surface area contributed by atoms with Gasteiger partial charge in [-0.15, -0.1) is 0 Å². The molecule has 0 N–H and O–H groups in total. The van der Waals surface area contributed by atoms with Crippen LogP contribution in [0.3, 0.4) is 0 Å². The van der Waals surface area contributed by atoms with Crippen LogP contribution in [-0.2, 0) is 16.6 Å². The molecule has 0 saturated heterocycles. The molecule has 0 radical (unpaired) electrons. The first-order valence-electron chi connectivity index (χ1n) is 7.62. The number of aromatic nitrogens is 2. The van der Waals surface area contributed by atoms with Crippen LogP contribution < -0.4 is 4.31 Å². The van der Waals surface area contributed by atoms with E-state index in [4.69, 9.17) is 0 Å². The van der Waals surface area contributed by atoms with Gasteiger partial charge in [0, 0.05) is 13.1 Å². The number of hydrogen-bond acceptors (Lipinski definition) is 3. The highest BCUT2D eigenvalue weighted by Crippen LogP contribution is 2.30. The number of imidazole rings is 1. The third-order valence-corrected chi connectivity index (χ3v) is 6.00. The lowest BCUT2D eigenvalue weighted by molar-refractivity contribution is 0.564. The van der Waals surface area contributed by atoms with E-state index in [9.17, 15) is 8.42 Å². The van der Waals surface area contributed by atoms with Crippen LogP contribution in [0.2, 0.25) is 0 Å². The van der Waals surface area contributed by atoms with Gasteiger partial charge in [-0.2, -0.15) is 0 Å². The largest absolute Gasteiger partial charge is 0.309 e. The average molecular weight is 327 g/mol. The summed E-state index contributed by atoms with van der Waals surface area (Å²) >= 11 is 0. The fraction of sp³-hybridized carbons (Fsp3) is 0.235. The van der Waals surface area contributed by atoms with Crippen LogP contribution in [-0.4, -0.2) is 24.5 Å². The van der Waals surface area contributed by atoms with E-state index in [0.717, 1.165) is 29.6 Å². The fourth-order valence-electron chi connectivity index (χ4n) is 3.01. The van der Waals surface area contributed by atoms with E-state index >= 15 is 0 Å². The molecule has 0 unspecified atom stereocenters. The van der Waals surface area contributed by atoms with Crippen molar-refractivity contribution < 1.29 is 8.42 Å². The van der Waals surface area contributed by atoms with Crippen molar-refractivity contribution in [2.24, 2.45) is 0 Å². The summed E-state index contributed by atoms with van der Waals surface area (Å²) in [7, 11) is -3.59. The van der Waals surface area contributed by atoms with E-state index in [0.29, 0.717) is 17.4 Å². The molecular formula is C17H17N3O2S. The van der Waals surface area contributed by atoms with Gasteiger partial charge in [-0.25, -0.2) is 17.7 Å². The number of aryl methyl sites for hydroxylation is 2. The number of para-hydroxylation sites is 2. The predicted octanol–water partition coefficient (Wildman–Crippen LogP) is 2.94. The average Bonchev–Trinajstić information content (AvgIpc) is 2.93. The lowest BCUT2D eigenvalue weighted by Crippen LogP contribution is -2.37. The Bertz CT molecular complexity index is 975. The van der Waals surface area contributed by atoms with Crippen molar-refractivity contribution in [1.29, 1.82) is 0 Å². The van der Waals surface area contributed by atoms with Crippen LogP contribution in [0, 0.1) is 6.92 Å². The quantitative estimate of drug-likeness (QED) is 0.727. The molecule has 1 aliphatic rings. The molecule has 2 heterocycles. The molecule has 0 bridgehead atoms. The van der Waals surface area contributed by atoms with Gasteiger partial charge in [0.2, 0.25) is 5.95 Å². The van der Waals surface area contributed by atoms with Gasteiger partial charge in [0.05, 0.1) is 15.9 Å². The third-order valence-electron chi connectivity index (χ3n) is 4.21. The van der Waals surface area contributed by atoms with Crippen molar-refractivity contribution in [3.63, 3.8) is 0 Å². The molecule has 0 aliphatic carbocycles. The molecule has 2 aromatic carbocycles. The lowest BCUT2D eigenvalue weighted by Gasteiger charge is -2.28. The van der Waals surface area contributed by atoms with Crippen LogP contribution in [0.15, 0.2) is 53.4 Å². The Balaban J connectivity index is 1.87. The van der Waals surface area contributed by atoms with Crippen molar-refractivity contribution in [2.75, 3.05) is 10.8 Å². The monoisotopic (exact) mass is 327 g/mol. The number of fused-ring (bicyclic) bond motifs is 3. The molecule has 118 valence electrons. The third kappa shape index (κ3) is 2.21. The first kappa shape index (κ1) is 14.3. The Hall–Kier alpha value is -2.34. The van der Waals surface area contributed by atoms with Gasteiger partial charge in [0.15, 0.2) is 0 Å². The van der Waals surface area contributed by atoms with Crippen LogP contribution >= 0.6 is 0 Å². The van der Waals surface area contributed by atoms with Gasteiger partial charge in [-0.3, -0.25) is 0 Å². The summed E-state index contributed by atoms with van der Waals surface area (Å²) in [4.78, 5) is 4.86. The SMILES string of the molecule is Cc1ccc(S(=O)(=O)N2CCCn3c2nc2ccccc23)cc1. The van der Waals surface area contributed by atoms with Gasteiger partial charge in [-0.05, 0) is 37.6 Å². The van der Waals surface area contributed by atoms with Crippen LogP contribution in [0.5, 0.6) is 0 Å². The summed E-state index contributed by atoms with van der Waals surface area (Å²) in [6, 6.07) is 14.7. The minimum atomic E-state index is -3.59. The normalized spacial score (nSPS) is 14.9. The first-order chi connectivity index (χ1) is 11.1. The van der Waals surface area contributed by atoms with Crippen LogP contribution in [0.1, 0.15) is 12.0 Å². The van der Waals surface area contributed by atoms with Crippen molar-refractivity contribution in [3.8, 4) is 0 Å². The van der Waals surface area contributed by atoms with Crippen molar-refractivity contribution in [2.45, 2.75) is 24.8 Å². The van der Waals surface area contributed by atoms with E-state index < -0.39 is 10.0 Å². The summed E-state index contributed by atoms with van der Waals surface area (Å²) < 4.78 is 29.4. The zero-order valence-corrected chi connectivity index (χ0v) is 13.6. The van der Waals surface area contributed by atoms with Gasteiger partial charge in [0.1, 0.15) is 0 Å². The minimum absolute atomic E-state index is 0.309. The molecule has 23 heavy (non-hydrogen) atoms. The highest BCUT2D eigenvalue weighted by molar-refractivity contribution is 7.92. The molecule has 5 nitrogen and oxygen atoms in total. The van der Waals surface area contributed by atoms with E-state index in [1.54, 1.807) is 12.1 Å². The maximum absolute atomic E-state index is 13.0. The topological polar surface area (TPSA) is 55.2 Å². The molecule has 1 aromatic heterocycles. The maximum Gasteiger partial charge on any atom is 0.266 e. The molecule has 1 aliphatic heterocycles. The number of anilines is 1. The molecule has 0 saturated carbocycles. The number of benzene rings is 2. The molecule has 4 rings (SSSR count). The smallest absolute Gasteiger partial charge is 0.266 e. The Morgan fingerprint density at radius 2 is 1.74 bits per heavy atom. The lowest BCUT2D eigenvalue weighted by atomic mass is 10.2. The van der Waals surface area contributed by atoms with E-state index in [2.05, 4.69) is 4.98 Å². The summed E-state index contributed by atoms with van der Waals surface area (Å²) in [5.74, 6) is 0.512. The second kappa shape index (κ2) is 5.09. The summed E-state index contributed by atoms with van der Waals surface area (Å²) in [6.45, 7) is 3.19. The standard InChI is InChI=1S/C17H17N3O2S/c1-13-7-9-14(10-8-13)23(21,22)20-12-4-11-19-16-6-3-2-5-15(16)18-17(19)20/h2-3,5-10H,4,11-12H2,1H3. The van der Waals surface area contributed by atoms with E-state index in [1.807, 2.05) is 47.9 Å². The number of sulfonamides is 1. The highest BCUT2D eigenvalue weighted by atomic mass is 32.2. The summed E-state index contributed by atoms with van der Waals surface area (Å²) in [5, 5.41) is 0. The molecule has 0 spiro atoms. The second-order valence-corrected chi connectivity index (χ2v) is 7.66. The first-order valence-corrected chi connectivity index (χ1v) is 9.06. The summed E-state index contributed by atoms with van der Waals surface area (Å²) in [6.07, 6.45) is 0.776. The fourth-order valence-corrected chi connectivity index (χ4v) is 4.47. The Morgan fingerprint density at radius 1 is 1.00 bits per heavy atom. The Labute approximate surface area is 135 Å². The summed E-state index contributed by atoms with van der Waals surface area (Å²) in [5.41, 5.74) is 2.84. The molecule has 0 atom stereocenters. The minimum Gasteiger partial charge on any atom is -0.309 e. The maximum atomic E-state index is 13.0. The van der Waals surface area contributed by atoms with Gasteiger partial charge in [0.25, 0.3) is 10.0 Å². The van der Waals surface area contributed by atoms with Crippen molar-refractivity contribution in [3.05, 3.63) is 54.1 Å². The van der Waals surface area contributed by atoms with Gasteiger partial charge >= 0.3 is 0 Å². The zero-order valence-electron chi connectivity index (χ0n) is 12.8. The van der Waals surface area contributed by atoms with Crippen molar-refractivity contribution >= 4 is 27.0 Å². The van der Waals surface area contributed by atoms with Gasteiger partial charge in [-0.1, -0.05) is 29.8 Å². The molecule has 3 aromatic rings. The molecule has 0 amide bonds. The molecular weight excluding hydrogens is 310 g/mol. The number of nitrogens with zero attached hydrogens (tertiary/aromatic N) is 3. The number of rotatable bonds is 2. The predicted molar refractivity (Wildman–Crippen MR) is 90.1 cm³/mol. The molecule has 6 heteroatoms. The van der Waals surface area contributed by atoms with Gasteiger partial charge < -0.3 is 4.57 Å². The highest BCUT2D eigenvalue weighted by Gasteiger charge is 2.31. The second-order valence-electron chi connectivity index (χ2n) is 5.80. The Kier molecular flexibility index (Phi) is 3.16. The van der Waals surface area contributed by atoms with Crippen LogP contribution in [0.25, 0.3) is 11.0 Å². The Morgan fingerprint density at radius 3 is 2.52 bits per heavy atom. The van der Waals surface area contributed by atoms with E-state index in [1.165, 1.54) is 4.31 Å². The van der Waals surface area contributed by atoms with Crippen molar-refractivity contribution in [1.82, 2.24) is 9.55 Å². The molecule has 0 fully saturated rings. The van der Waals surface area contributed by atoms with E-state index in [-0.39, 0.29) is 0 Å². The number of hydrogen-bond donors (Lipinski definition) is 0.